The van der Waals surface area contributed by atoms with E-state index < -0.39 is 12.5 Å². The van der Waals surface area contributed by atoms with Gasteiger partial charge in [0.15, 0.2) is 6.61 Å². The smallest absolute Gasteiger partial charge is 0.278 e. The largest absolute Gasteiger partial charge is 0.471 e. The second-order valence-electron chi connectivity index (χ2n) is 3.07. The van der Waals surface area contributed by atoms with Gasteiger partial charge in [0.05, 0.1) is 0 Å². The third-order valence-corrected chi connectivity index (χ3v) is 1.51. The monoisotopic (exact) mass is 202 g/mol. The number of nitrogens with two attached hydrogens (primary N) is 1. The summed E-state index contributed by atoms with van der Waals surface area (Å²) < 4.78 is 29.6. The number of pyridine rings is 1. The lowest BCUT2D eigenvalue weighted by molar-refractivity contribution is -0.0242. The number of aromatic nitrogens is 1. The van der Waals surface area contributed by atoms with E-state index in [9.17, 15) is 8.78 Å². The van der Waals surface area contributed by atoms with Crippen LogP contribution >= 0.6 is 0 Å². The number of ether oxygens (including phenoxy) is 1. The third-order valence-electron chi connectivity index (χ3n) is 1.51. The molecule has 0 aliphatic heterocycles. The van der Waals surface area contributed by atoms with Crippen molar-refractivity contribution in [1.82, 2.24) is 4.98 Å². The molecule has 3 nitrogen and oxygen atoms in total. The molecular formula is C9H12F2N2O. The number of alkyl halides is 2. The minimum Gasteiger partial charge on any atom is -0.471 e. The van der Waals surface area contributed by atoms with Gasteiger partial charge >= 0.3 is 0 Å². The highest BCUT2D eigenvalue weighted by atomic mass is 19.3. The van der Waals surface area contributed by atoms with Gasteiger partial charge in [-0.1, -0.05) is 0 Å². The summed E-state index contributed by atoms with van der Waals surface area (Å²) in [6.45, 7) is 0.454. The van der Waals surface area contributed by atoms with Crippen molar-refractivity contribution in [2.45, 2.75) is 19.4 Å². The second kappa shape index (κ2) is 4.32. The van der Waals surface area contributed by atoms with E-state index in [1.807, 2.05) is 0 Å². The van der Waals surface area contributed by atoms with Crippen LogP contribution in [0.15, 0.2) is 18.3 Å². The Bertz CT molecular complexity index is 299. The van der Waals surface area contributed by atoms with Crippen LogP contribution in [0.3, 0.4) is 0 Å². The molecule has 1 aromatic rings. The molecule has 0 aliphatic rings. The molecule has 0 radical (unpaired) electrons. The maximum Gasteiger partial charge on any atom is 0.278 e. The minimum atomic E-state index is -2.85. The molecule has 14 heavy (non-hydrogen) atoms. The van der Waals surface area contributed by atoms with Crippen molar-refractivity contribution in [3.63, 3.8) is 0 Å². The maximum absolute atomic E-state index is 12.4. The van der Waals surface area contributed by atoms with Gasteiger partial charge in [-0.05, 0) is 11.6 Å². The molecule has 1 rings (SSSR count). The summed E-state index contributed by atoms with van der Waals surface area (Å²) >= 11 is 0. The van der Waals surface area contributed by atoms with Crippen LogP contribution in [0, 0.1) is 0 Å². The van der Waals surface area contributed by atoms with Crippen molar-refractivity contribution in [3.05, 3.63) is 23.9 Å². The normalized spacial score (nSPS) is 11.4. The summed E-state index contributed by atoms with van der Waals surface area (Å²) in [6, 6.07) is 3.25. The average Bonchev–Trinajstić information content (AvgIpc) is 2.14. The van der Waals surface area contributed by atoms with Crippen molar-refractivity contribution >= 4 is 0 Å². The fraction of sp³-hybridized carbons (Fsp3) is 0.444. The first kappa shape index (κ1) is 10.8. The van der Waals surface area contributed by atoms with Crippen LogP contribution in [0.4, 0.5) is 8.78 Å². The third kappa shape index (κ3) is 3.66. The van der Waals surface area contributed by atoms with E-state index in [2.05, 4.69) is 4.98 Å². The molecule has 78 valence electrons. The van der Waals surface area contributed by atoms with Crippen LogP contribution in [-0.2, 0) is 6.54 Å². The Morgan fingerprint density at radius 2 is 2.29 bits per heavy atom. The van der Waals surface area contributed by atoms with E-state index in [4.69, 9.17) is 10.5 Å². The molecule has 0 unspecified atom stereocenters. The molecule has 0 aliphatic carbocycles. The summed E-state index contributed by atoms with van der Waals surface area (Å²) in [5.41, 5.74) is 6.17. The molecule has 0 saturated heterocycles. The van der Waals surface area contributed by atoms with Crippen LogP contribution in [0.5, 0.6) is 5.88 Å². The number of rotatable bonds is 4. The first-order valence-electron chi connectivity index (χ1n) is 4.17. The van der Waals surface area contributed by atoms with Gasteiger partial charge in [-0.2, -0.15) is 0 Å². The molecule has 0 atom stereocenters. The highest BCUT2D eigenvalue weighted by molar-refractivity contribution is 5.20. The Hall–Kier alpha value is -1.23. The van der Waals surface area contributed by atoms with E-state index in [1.165, 1.54) is 6.20 Å². The first-order valence-corrected chi connectivity index (χ1v) is 4.17. The van der Waals surface area contributed by atoms with Crippen molar-refractivity contribution in [2.24, 2.45) is 5.73 Å². The Morgan fingerprint density at radius 3 is 2.86 bits per heavy atom. The zero-order valence-electron chi connectivity index (χ0n) is 7.84. The number of nitrogens with zero attached hydrogens (tertiary/aromatic N) is 1. The standard InChI is InChI=1S/C9H12F2N2O/c1-9(10,11)6-14-8-4-7(5-12)2-3-13-8/h2-4H,5-6,12H2,1H3. The topological polar surface area (TPSA) is 48.1 Å². The van der Waals surface area contributed by atoms with Gasteiger partial charge < -0.3 is 10.5 Å². The molecule has 0 fully saturated rings. The predicted molar refractivity (Wildman–Crippen MR) is 48.2 cm³/mol. The number of hydrogen-bond acceptors (Lipinski definition) is 3. The number of hydrogen-bond donors (Lipinski definition) is 1. The Balaban J connectivity index is 2.59. The Kier molecular flexibility index (Phi) is 3.35. The summed E-state index contributed by atoms with van der Waals surface area (Å²) in [5, 5.41) is 0. The highest BCUT2D eigenvalue weighted by Gasteiger charge is 2.22. The lowest BCUT2D eigenvalue weighted by atomic mass is 10.3. The van der Waals surface area contributed by atoms with Crippen LogP contribution in [-0.4, -0.2) is 17.5 Å². The Morgan fingerprint density at radius 1 is 1.57 bits per heavy atom. The lowest BCUT2D eigenvalue weighted by Crippen LogP contribution is -2.21. The van der Waals surface area contributed by atoms with Gasteiger partial charge in [-0.15, -0.1) is 0 Å². The Labute approximate surface area is 80.9 Å². The van der Waals surface area contributed by atoms with Crippen molar-refractivity contribution in [2.75, 3.05) is 6.61 Å². The predicted octanol–water partition coefficient (Wildman–Crippen LogP) is 1.57. The molecule has 5 heteroatoms. The van der Waals surface area contributed by atoms with Gasteiger partial charge in [0, 0.05) is 25.7 Å². The lowest BCUT2D eigenvalue weighted by Gasteiger charge is -2.11. The van der Waals surface area contributed by atoms with Gasteiger partial charge in [0.1, 0.15) is 0 Å². The van der Waals surface area contributed by atoms with Crippen LogP contribution in [0.25, 0.3) is 0 Å². The van der Waals surface area contributed by atoms with Crippen molar-refractivity contribution in [3.8, 4) is 5.88 Å². The highest BCUT2D eigenvalue weighted by Crippen LogP contribution is 2.15. The van der Waals surface area contributed by atoms with Gasteiger partial charge in [-0.25, -0.2) is 13.8 Å². The molecule has 0 spiro atoms. The van der Waals surface area contributed by atoms with Crippen molar-refractivity contribution < 1.29 is 13.5 Å². The molecule has 0 aromatic carbocycles. The molecule has 0 saturated carbocycles. The van der Waals surface area contributed by atoms with E-state index in [-0.39, 0.29) is 5.88 Å². The van der Waals surface area contributed by atoms with Gasteiger partial charge in [-0.3, -0.25) is 0 Å². The van der Waals surface area contributed by atoms with Crippen LogP contribution in [0.1, 0.15) is 12.5 Å². The molecule has 0 bridgehead atoms. The molecule has 2 N–H and O–H groups in total. The molecular weight excluding hydrogens is 190 g/mol. The van der Waals surface area contributed by atoms with Gasteiger partial charge in [0.25, 0.3) is 5.92 Å². The van der Waals surface area contributed by atoms with E-state index in [0.717, 1.165) is 12.5 Å². The fourth-order valence-electron chi connectivity index (χ4n) is 0.857. The SMILES string of the molecule is CC(F)(F)COc1cc(CN)ccn1. The van der Waals surface area contributed by atoms with Crippen LogP contribution < -0.4 is 10.5 Å². The van der Waals surface area contributed by atoms with Gasteiger partial charge in [0.2, 0.25) is 5.88 Å². The van der Waals surface area contributed by atoms with E-state index in [1.54, 1.807) is 12.1 Å². The summed E-state index contributed by atoms with van der Waals surface area (Å²) in [5.74, 6) is -2.67. The van der Waals surface area contributed by atoms with E-state index in [0.29, 0.717) is 6.54 Å². The van der Waals surface area contributed by atoms with Crippen LogP contribution in [0.2, 0.25) is 0 Å². The second-order valence-corrected chi connectivity index (χ2v) is 3.07. The fourth-order valence-corrected chi connectivity index (χ4v) is 0.857. The summed E-state index contributed by atoms with van der Waals surface area (Å²) in [6.07, 6.45) is 1.48. The molecule has 0 amide bonds. The first-order chi connectivity index (χ1) is 6.51. The zero-order chi connectivity index (χ0) is 10.6. The average molecular weight is 202 g/mol. The molecule has 1 heterocycles. The summed E-state index contributed by atoms with van der Waals surface area (Å²) in [7, 11) is 0. The zero-order valence-corrected chi connectivity index (χ0v) is 7.84. The number of halogens is 2. The maximum atomic E-state index is 12.4. The quantitative estimate of drug-likeness (QED) is 0.806. The summed E-state index contributed by atoms with van der Waals surface area (Å²) in [4.78, 5) is 3.78. The van der Waals surface area contributed by atoms with Crippen molar-refractivity contribution in [1.29, 1.82) is 0 Å². The van der Waals surface area contributed by atoms with E-state index >= 15 is 0 Å². The molecule has 1 aromatic heterocycles. The minimum absolute atomic E-state index is 0.175.